The lowest BCUT2D eigenvalue weighted by atomic mass is 10.1. The Balaban J connectivity index is 2.36. The fraction of sp³-hybridized carbons (Fsp3) is 0.263. The third kappa shape index (κ3) is 3.40. The smallest absolute Gasteiger partial charge is 0.269 e. The van der Waals surface area contributed by atoms with Gasteiger partial charge in [-0.1, -0.05) is 12.1 Å². The predicted octanol–water partition coefficient (Wildman–Crippen LogP) is 3.94. The Bertz CT molecular complexity index is 1080. The van der Waals surface area contributed by atoms with Crippen LogP contribution in [0.2, 0.25) is 0 Å². The second kappa shape index (κ2) is 7.46. The molecule has 5 nitrogen and oxygen atoms in total. The maximum absolute atomic E-state index is 14.6. The zero-order valence-electron chi connectivity index (χ0n) is 15.5. The van der Waals surface area contributed by atoms with Gasteiger partial charge in [0.1, 0.15) is 22.2 Å². The second-order valence-corrected chi connectivity index (χ2v) is 9.37. The van der Waals surface area contributed by atoms with Gasteiger partial charge in [0.15, 0.2) is 0 Å². The van der Waals surface area contributed by atoms with Crippen LogP contribution in [0.5, 0.6) is 5.75 Å². The molecular weight excluding hydrogens is 387 g/mol. The van der Waals surface area contributed by atoms with Crippen molar-refractivity contribution in [3.05, 3.63) is 57.7 Å². The van der Waals surface area contributed by atoms with Crippen molar-refractivity contribution in [2.75, 3.05) is 14.2 Å². The molecular formula is C19H21FN2O3S2. The molecule has 1 N–H and O–H groups in total. The van der Waals surface area contributed by atoms with Crippen molar-refractivity contribution < 1.29 is 17.5 Å². The fourth-order valence-corrected chi connectivity index (χ4v) is 6.04. The standard InChI is InChI=1S/C19H21FN2O3S2/c1-12-9-17(13(2)26-12)27(23,24)22-11-14(10-21-3)19(25-4)18(22)15-7-5-6-8-16(15)20/h5-9,11,21H,10H2,1-4H3. The Kier molecular flexibility index (Phi) is 5.41. The van der Waals surface area contributed by atoms with E-state index < -0.39 is 15.8 Å². The van der Waals surface area contributed by atoms with Crippen LogP contribution in [0.25, 0.3) is 11.3 Å². The monoisotopic (exact) mass is 408 g/mol. The van der Waals surface area contributed by atoms with Crippen LogP contribution in [-0.4, -0.2) is 26.5 Å². The van der Waals surface area contributed by atoms with Gasteiger partial charge in [-0.2, -0.15) is 0 Å². The van der Waals surface area contributed by atoms with Crippen molar-refractivity contribution in [1.82, 2.24) is 9.29 Å². The zero-order chi connectivity index (χ0) is 19.8. The summed E-state index contributed by atoms with van der Waals surface area (Å²) in [6.45, 7) is 4.01. The topological polar surface area (TPSA) is 60.3 Å². The van der Waals surface area contributed by atoms with Gasteiger partial charge in [0.25, 0.3) is 10.0 Å². The number of nitrogens with one attached hydrogen (secondary N) is 1. The number of hydrogen-bond donors (Lipinski definition) is 1. The molecule has 2 heterocycles. The summed E-state index contributed by atoms with van der Waals surface area (Å²) in [6.07, 6.45) is 1.50. The molecule has 0 amide bonds. The van der Waals surface area contributed by atoms with E-state index in [2.05, 4.69) is 5.32 Å². The summed E-state index contributed by atoms with van der Waals surface area (Å²) in [4.78, 5) is 1.80. The number of nitrogens with zero attached hydrogens (tertiary/aromatic N) is 1. The highest BCUT2D eigenvalue weighted by Gasteiger charge is 2.30. The Morgan fingerprint density at radius 1 is 1.26 bits per heavy atom. The first-order chi connectivity index (χ1) is 12.8. The van der Waals surface area contributed by atoms with Gasteiger partial charge in [-0.3, -0.25) is 0 Å². The van der Waals surface area contributed by atoms with Crippen LogP contribution in [-0.2, 0) is 16.6 Å². The van der Waals surface area contributed by atoms with Gasteiger partial charge >= 0.3 is 0 Å². The molecule has 0 radical (unpaired) electrons. The number of hydrogen-bond acceptors (Lipinski definition) is 5. The number of aryl methyl sites for hydroxylation is 2. The summed E-state index contributed by atoms with van der Waals surface area (Å²) in [7, 11) is -0.717. The number of methoxy groups -OCH3 is 1. The molecule has 0 saturated heterocycles. The number of halogens is 1. The molecule has 0 bridgehead atoms. The Morgan fingerprint density at radius 2 is 1.96 bits per heavy atom. The van der Waals surface area contributed by atoms with Crippen LogP contribution < -0.4 is 10.1 Å². The van der Waals surface area contributed by atoms with Crippen molar-refractivity contribution in [2.45, 2.75) is 25.3 Å². The summed E-state index contributed by atoms with van der Waals surface area (Å²) in [6, 6.07) is 7.72. The minimum Gasteiger partial charge on any atom is -0.494 e. The lowest BCUT2D eigenvalue weighted by Gasteiger charge is -2.12. The predicted molar refractivity (Wildman–Crippen MR) is 106 cm³/mol. The maximum Gasteiger partial charge on any atom is 0.269 e. The van der Waals surface area contributed by atoms with Crippen molar-refractivity contribution in [2.24, 2.45) is 0 Å². The largest absolute Gasteiger partial charge is 0.494 e. The molecule has 0 spiro atoms. The van der Waals surface area contributed by atoms with E-state index in [1.165, 1.54) is 30.7 Å². The molecule has 144 valence electrons. The summed E-state index contributed by atoms with van der Waals surface area (Å²) < 4.78 is 48.1. The molecule has 27 heavy (non-hydrogen) atoms. The first-order valence-corrected chi connectivity index (χ1v) is 10.6. The van der Waals surface area contributed by atoms with E-state index in [4.69, 9.17) is 4.74 Å². The lowest BCUT2D eigenvalue weighted by Crippen LogP contribution is -2.14. The molecule has 0 aliphatic carbocycles. The normalized spacial score (nSPS) is 11.7. The molecule has 3 aromatic rings. The number of thiophene rings is 1. The molecule has 0 aliphatic rings. The van der Waals surface area contributed by atoms with E-state index in [1.54, 1.807) is 38.2 Å². The molecule has 0 unspecified atom stereocenters. The van der Waals surface area contributed by atoms with E-state index in [0.29, 0.717) is 22.7 Å². The van der Waals surface area contributed by atoms with Crippen LogP contribution in [0.15, 0.2) is 41.4 Å². The summed E-state index contributed by atoms with van der Waals surface area (Å²) in [5.41, 5.74) is 0.986. The summed E-state index contributed by atoms with van der Waals surface area (Å²) in [5, 5.41) is 2.99. The summed E-state index contributed by atoms with van der Waals surface area (Å²) in [5.74, 6) is -0.179. The third-order valence-electron chi connectivity index (χ3n) is 4.23. The minimum atomic E-state index is -3.92. The van der Waals surface area contributed by atoms with Gasteiger partial charge in [-0.05, 0) is 39.1 Å². The lowest BCUT2D eigenvalue weighted by molar-refractivity contribution is 0.411. The van der Waals surface area contributed by atoms with Gasteiger partial charge in [0.2, 0.25) is 0 Å². The molecule has 0 atom stereocenters. The van der Waals surface area contributed by atoms with Crippen molar-refractivity contribution in [1.29, 1.82) is 0 Å². The SMILES string of the molecule is CNCc1cn(S(=O)(=O)c2cc(C)sc2C)c(-c2ccccc2F)c1OC. The van der Waals surface area contributed by atoms with Crippen LogP contribution in [0.3, 0.4) is 0 Å². The first kappa shape index (κ1) is 19.6. The minimum absolute atomic E-state index is 0.171. The van der Waals surface area contributed by atoms with Crippen molar-refractivity contribution in [3.8, 4) is 17.0 Å². The number of rotatable bonds is 6. The third-order valence-corrected chi connectivity index (χ3v) is 7.11. The fourth-order valence-electron chi connectivity index (χ4n) is 3.11. The van der Waals surface area contributed by atoms with Crippen LogP contribution in [0.4, 0.5) is 4.39 Å². The molecule has 1 aromatic carbocycles. The van der Waals surface area contributed by atoms with Gasteiger partial charge in [-0.15, -0.1) is 11.3 Å². The Hall–Kier alpha value is -2.16. The Labute approximate surface area is 162 Å². The highest BCUT2D eigenvalue weighted by atomic mass is 32.2. The van der Waals surface area contributed by atoms with Gasteiger partial charge in [0.05, 0.1) is 7.11 Å². The maximum atomic E-state index is 14.6. The molecule has 0 saturated carbocycles. The van der Waals surface area contributed by atoms with Crippen LogP contribution >= 0.6 is 11.3 Å². The molecule has 0 fully saturated rings. The van der Waals surface area contributed by atoms with Gasteiger partial charge < -0.3 is 10.1 Å². The summed E-state index contributed by atoms with van der Waals surface area (Å²) >= 11 is 1.41. The average Bonchev–Trinajstić information content (AvgIpc) is 3.16. The van der Waals surface area contributed by atoms with Crippen molar-refractivity contribution >= 4 is 21.4 Å². The quantitative estimate of drug-likeness (QED) is 0.671. The average molecular weight is 409 g/mol. The Morgan fingerprint density at radius 3 is 2.52 bits per heavy atom. The number of benzene rings is 1. The number of ether oxygens (including phenoxy) is 1. The second-order valence-electron chi connectivity index (χ2n) is 6.12. The van der Waals surface area contributed by atoms with Gasteiger partial charge in [0, 0.05) is 33.6 Å². The van der Waals surface area contributed by atoms with Crippen molar-refractivity contribution in [3.63, 3.8) is 0 Å². The zero-order valence-corrected chi connectivity index (χ0v) is 17.2. The highest BCUT2D eigenvalue weighted by Crippen LogP contribution is 2.39. The van der Waals surface area contributed by atoms with E-state index >= 15 is 0 Å². The van der Waals surface area contributed by atoms with E-state index in [1.807, 2.05) is 6.92 Å². The molecule has 3 rings (SSSR count). The van der Waals surface area contributed by atoms with E-state index in [-0.39, 0.29) is 16.2 Å². The molecule has 8 heteroatoms. The molecule has 0 aliphatic heterocycles. The van der Waals surface area contributed by atoms with Gasteiger partial charge in [-0.25, -0.2) is 16.8 Å². The van der Waals surface area contributed by atoms with Crippen LogP contribution in [0.1, 0.15) is 15.3 Å². The first-order valence-electron chi connectivity index (χ1n) is 8.31. The van der Waals surface area contributed by atoms with E-state index in [0.717, 1.165) is 8.85 Å². The highest BCUT2D eigenvalue weighted by molar-refractivity contribution is 7.90. The number of aromatic nitrogens is 1. The molecule has 2 aromatic heterocycles. The van der Waals surface area contributed by atoms with E-state index in [9.17, 15) is 12.8 Å². The van der Waals surface area contributed by atoms with Crippen LogP contribution in [0, 0.1) is 19.7 Å².